The molecule has 2 nitrogen and oxygen atoms in total. The lowest BCUT2D eigenvalue weighted by molar-refractivity contribution is 0.284. The van der Waals surface area contributed by atoms with Crippen LogP contribution >= 0.6 is 0 Å². The molecule has 1 aromatic carbocycles. The Balaban J connectivity index is 1.92. The van der Waals surface area contributed by atoms with E-state index in [1.54, 1.807) is 5.56 Å². The van der Waals surface area contributed by atoms with E-state index in [2.05, 4.69) is 55.4 Å². The Hall–Kier alpha value is -0.860. The summed E-state index contributed by atoms with van der Waals surface area (Å²) in [5.74, 6) is 0.841. The Morgan fingerprint density at radius 1 is 1.15 bits per heavy atom. The number of rotatable bonds is 8. The SMILES string of the molecule is CCN(CC)CCC(NC)c1ccc(C2CCC2)cc1. The van der Waals surface area contributed by atoms with Gasteiger partial charge in [-0.25, -0.2) is 0 Å². The zero-order chi connectivity index (χ0) is 14.4. The zero-order valence-electron chi connectivity index (χ0n) is 13.4. The monoisotopic (exact) mass is 274 g/mol. The average Bonchev–Trinajstić information content (AvgIpc) is 2.43. The molecule has 1 fully saturated rings. The summed E-state index contributed by atoms with van der Waals surface area (Å²) in [7, 11) is 2.08. The van der Waals surface area contributed by atoms with Crippen LogP contribution in [0.2, 0.25) is 0 Å². The summed E-state index contributed by atoms with van der Waals surface area (Å²) in [4.78, 5) is 2.49. The highest BCUT2D eigenvalue weighted by atomic mass is 15.1. The van der Waals surface area contributed by atoms with E-state index in [0.717, 1.165) is 19.0 Å². The van der Waals surface area contributed by atoms with Gasteiger partial charge in [0, 0.05) is 6.04 Å². The second kappa shape index (κ2) is 7.80. The van der Waals surface area contributed by atoms with Gasteiger partial charge in [-0.2, -0.15) is 0 Å². The molecule has 2 heteroatoms. The van der Waals surface area contributed by atoms with E-state index in [1.807, 2.05) is 0 Å². The van der Waals surface area contributed by atoms with Crippen molar-refractivity contribution in [3.8, 4) is 0 Å². The number of nitrogens with zero attached hydrogens (tertiary/aromatic N) is 1. The fraction of sp³-hybridized carbons (Fsp3) is 0.667. The Morgan fingerprint density at radius 3 is 2.25 bits per heavy atom. The van der Waals surface area contributed by atoms with Gasteiger partial charge in [0.05, 0.1) is 0 Å². The van der Waals surface area contributed by atoms with Crippen LogP contribution in [-0.4, -0.2) is 31.6 Å². The molecule has 0 spiro atoms. The van der Waals surface area contributed by atoms with Crippen LogP contribution in [0.25, 0.3) is 0 Å². The van der Waals surface area contributed by atoms with E-state index in [1.165, 1.54) is 37.8 Å². The first kappa shape index (κ1) is 15.5. The summed E-state index contributed by atoms with van der Waals surface area (Å²) in [5, 5.41) is 3.47. The lowest BCUT2D eigenvalue weighted by atomic mass is 9.80. The molecule has 0 radical (unpaired) electrons. The third-order valence-electron chi connectivity index (χ3n) is 4.89. The van der Waals surface area contributed by atoms with Crippen molar-refractivity contribution in [1.82, 2.24) is 10.2 Å². The first-order valence-electron chi connectivity index (χ1n) is 8.28. The summed E-state index contributed by atoms with van der Waals surface area (Å²) in [6, 6.07) is 9.83. The van der Waals surface area contributed by atoms with Crippen LogP contribution in [0.1, 0.15) is 62.6 Å². The summed E-state index contributed by atoms with van der Waals surface area (Å²) in [6.45, 7) is 7.95. The minimum atomic E-state index is 0.478. The van der Waals surface area contributed by atoms with Crippen LogP contribution in [0, 0.1) is 0 Å². The average molecular weight is 274 g/mol. The molecule has 2 rings (SSSR count). The van der Waals surface area contributed by atoms with Gasteiger partial charge in [-0.3, -0.25) is 0 Å². The molecule has 0 bridgehead atoms. The van der Waals surface area contributed by atoms with Gasteiger partial charge in [0.1, 0.15) is 0 Å². The number of hydrogen-bond acceptors (Lipinski definition) is 2. The highest BCUT2D eigenvalue weighted by Crippen LogP contribution is 2.36. The molecule has 1 aromatic rings. The molecule has 1 aliphatic carbocycles. The molecule has 1 atom stereocenters. The quantitative estimate of drug-likeness (QED) is 0.772. The largest absolute Gasteiger partial charge is 0.313 e. The van der Waals surface area contributed by atoms with Crippen LogP contribution in [0.5, 0.6) is 0 Å². The minimum Gasteiger partial charge on any atom is -0.313 e. The molecular formula is C18H30N2. The van der Waals surface area contributed by atoms with Crippen molar-refractivity contribution >= 4 is 0 Å². The van der Waals surface area contributed by atoms with E-state index in [0.29, 0.717) is 6.04 Å². The molecule has 0 amide bonds. The third-order valence-corrected chi connectivity index (χ3v) is 4.89. The maximum atomic E-state index is 3.47. The molecular weight excluding hydrogens is 244 g/mol. The highest BCUT2D eigenvalue weighted by Gasteiger charge is 2.19. The van der Waals surface area contributed by atoms with E-state index in [4.69, 9.17) is 0 Å². The van der Waals surface area contributed by atoms with Crippen molar-refractivity contribution in [2.24, 2.45) is 0 Å². The van der Waals surface area contributed by atoms with E-state index in [-0.39, 0.29) is 0 Å². The summed E-state index contributed by atoms with van der Waals surface area (Å²) in [5.41, 5.74) is 2.97. The number of hydrogen-bond donors (Lipinski definition) is 1. The molecule has 1 aliphatic rings. The summed E-state index contributed by atoms with van der Waals surface area (Å²) in [6.07, 6.45) is 5.36. The van der Waals surface area contributed by atoms with Crippen LogP contribution in [0.3, 0.4) is 0 Å². The van der Waals surface area contributed by atoms with Crippen molar-refractivity contribution in [1.29, 1.82) is 0 Å². The Kier molecular flexibility index (Phi) is 6.06. The van der Waals surface area contributed by atoms with Crippen LogP contribution in [0.4, 0.5) is 0 Å². The second-order valence-electron chi connectivity index (χ2n) is 5.95. The van der Waals surface area contributed by atoms with Gasteiger partial charge in [0.2, 0.25) is 0 Å². The number of nitrogens with one attached hydrogen (secondary N) is 1. The van der Waals surface area contributed by atoms with Crippen molar-refractivity contribution < 1.29 is 0 Å². The summed E-state index contributed by atoms with van der Waals surface area (Å²) >= 11 is 0. The molecule has 1 unspecified atom stereocenters. The number of benzene rings is 1. The molecule has 1 saturated carbocycles. The fourth-order valence-electron chi connectivity index (χ4n) is 3.07. The van der Waals surface area contributed by atoms with Crippen molar-refractivity contribution in [2.75, 3.05) is 26.7 Å². The molecule has 0 aliphatic heterocycles. The fourth-order valence-corrected chi connectivity index (χ4v) is 3.07. The van der Waals surface area contributed by atoms with Crippen molar-refractivity contribution in [2.45, 2.75) is 51.5 Å². The maximum Gasteiger partial charge on any atom is 0.0329 e. The van der Waals surface area contributed by atoms with Gasteiger partial charge in [0.25, 0.3) is 0 Å². The first-order chi connectivity index (χ1) is 9.78. The molecule has 0 aromatic heterocycles. The smallest absolute Gasteiger partial charge is 0.0329 e. The first-order valence-corrected chi connectivity index (χ1v) is 8.28. The summed E-state index contributed by atoms with van der Waals surface area (Å²) < 4.78 is 0. The van der Waals surface area contributed by atoms with Crippen molar-refractivity contribution in [3.63, 3.8) is 0 Å². The highest BCUT2D eigenvalue weighted by molar-refractivity contribution is 5.28. The molecule has 0 heterocycles. The molecule has 112 valence electrons. The Labute approximate surface area is 124 Å². The Morgan fingerprint density at radius 2 is 1.80 bits per heavy atom. The predicted octanol–water partition coefficient (Wildman–Crippen LogP) is 3.95. The zero-order valence-corrected chi connectivity index (χ0v) is 13.4. The van der Waals surface area contributed by atoms with Gasteiger partial charge in [0.15, 0.2) is 0 Å². The molecule has 20 heavy (non-hydrogen) atoms. The van der Waals surface area contributed by atoms with Gasteiger partial charge >= 0.3 is 0 Å². The van der Waals surface area contributed by atoms with Gasteiger partial charge in [-0.1, -0.05) is 44.5 Å². The lowest BCUT2D eigenvalue weighted by Gasteiger charge is -2.27. The lowest BCUT2D eigenvalue weighted by Crippen LogP contribution is -2.28. The van der Waals surface area contributed by atoms with E-state index >= 15 is 0 Å². The van der Waals surface area contributed by atoms with Gasteiger partial charge in [-0.15, -0.1) is 0 Å². The van der Waals surface area contributed by atoms with E-state index in [9.17, 15) is 0 Å². The van der Waals surface area contributed by atoms with E-state index < -0.39 is 0 Å². The normalized spacial score (nSPS) is 17.2. The minimum absolute atomic E-state index is 0.478. The molecule has 1 N–H and O–H groups in total. The second-order valence-corrected chi connectivity index (χ2v) is 5.95. The predicted molar refractivity (Wildman–Crippen MR) is 87.2 cm³/mol. The third kappa shape index (κ3) is 3.83. The van der Waals surface area contributed by atoms with Crippen LogP contribution < -0.4 is 5.32 Å². The van der Waals surface area contributed by atoms with Crippen molar-refractivity contribution in [3.05, 3.63) is 35.4 Å². The van der Waals surface area contributed by atoms with Crippen LogP contribution in [0.15, 0.2) is 24.3 Å². The van der Waals surface area contributed by atoms with Crippen LogP contribution in [-0.2, 0) is 0 Å². The molecule has 0 saturated heterocycles. The topological polar surface area (TPSA) is 15.3 Å². The van der Waals surface area contributed by atoms with Gasteiger partial charge < -0.3 is 10.2 Å². The maximum absolute atomic E-state index is 3.47. The van der Waals surface area contributed by atoms with Gasteiger partial charge in [-0.05, 0) is 63.0 Å². The standard InChI is InChI=1S/C18H30N2/c1-4-20(5-2)14-13-18(19-3)17-11-9-16(10-12-17)15-7-6-8-15/h9-12,15,18-19H,4-8,13-14H2,1-3H3. The Bertz CT molecular complexity index is 377.